The van der Waals surface area contributed by atoms with Gasteiger partial charge in [-0.15, -0.1) is 0 Å². The number of hydrogen-bond donors (Lipinski definition) is 1. The van der Waals surface area contributed by atoms with Crippen molar-refractivity contribution in [2.24, 2.45) is 0 Å². The first kappa shape index (κ1) is 11.8. The Kier molecular flexibility index (Phi) is 9.60. The minimum Gasteiger partial charge on any atom is -0.176 e. The lowest BCUT2D eigenvalue weighted by Gasteiger charge is -2.07. The maximum Gasteiger partial charge on any atom is 0.00313 e. The van der Waals surface area contributed by atoms with Gasteiger partial charge >= 0.3 is 0 Å². The van der Waals surface area contributed by atoms with E-state index < -0.39 is 0 Å². The molecule has 0 aromatic carbocycles. The molecular formula is C9H19BrS. The van der Waals surface area contributed by atoms with Crippen LogP contribution in [0.5, 0.6) is 0 Å². The van der Waals surface area contributed by atoms with E-state index in [1.807, 2.05) is 0 Å². The number of halogens is 1. The summed E-state index contributed by atoms with van der Waals surface area (Å²) in [5.41, 5.74) is 0. The molecule has 1 unspecified atom stereocenters. The summed E-state index contributed by atoms with van der Waals surface area (Å²) in [7, 11) is 0. The number of hydrogen-bond acceptors (Lipinski definition) is 1. The second-order valence-electron chi connectivity index (χ2n) is 2.98. The molecule has 0 N–H and O–H groups in total. The van der Waals surface area contributed by atoms with Gasteiger partial charge in [0, 0.05) is 10.6 Å². The molecule has 68 valence electrons. The number of unbranched alkanes of at least 4 members (excludes halogenated alkanes) is 2. The standard InChI is InChI=1S/C9H19BrS/c1-2-6-9(11)7-4-3-5-8-10/h9,11H,2-8H2,1H3. The summed E-state index contributed by atoms with van der Waals surface area (Å²) in [5.74, 6) is 0. The Morgan fingerprint density at radius 3 is 2.45 bits per heavy atom. The maximum atomic E-state index is 4.50. The van der Waals surface area contributed by atoms with Crippen LogP contribution in [-0.2, 0) is 0 Å². The third-order valence-corrected chi connectivity index (χ3v) is 2.87. The molecule has 0 amide bonds. The van der Waals surface area contributed by atoms with E-state index in [4.69, 9.17) is 0 Å². The van der Waals surface area contributed by atoms with Crippen molar-refractivity contribution in [3.63, 3.8) is 0 Å². The minimum atomic E-state index is 0.648. The molecule has 0 bridgehead atoms. The van der Waals surface area contributed by atoms with E-state index in [2.05, 4.69) is 35.5 Å². The predicted molar refractivity (Wildman–Crippen MR) is 59.9 cm³/mol. The Morgan fingerprint density at radius 2 is 1.91 bits per heavy atom. The van der Waals surface area contributed by atoms with Crippen molar-refractivity contribution in [2.75, 3.05) is 5.33 Å². The van der Waals surface area contributed by atoms with Gasteiger partial charge in [0.15, 0.2) is 0 Å². The Balaban J connectivity index is 2.97. The summed E-state index contributed by atoms with van der Waals surface area (Å²) in [6.07, 6.45) is 7.85. The van der Waals surface area contributed by atoms with Crippen LogP contribution in [0.2, 0.25) is 0 Å². The highest BCUT2D eigenvalue weighted by Crippen LogP contribution is 2.13. The molecule has 0 aliphatic carbocycles. The summed E-state index contributed by atoms with van der Waals surface area (Å²) < 4.78 is 0. The van der Waals surface area contributed by atoms with E-state index in [1.165, 1.54) is 38.5 Å². The summed E-state index contributed by atoms with van der Waals surface area (Å²) in [6.45, 7) is 2.22. The highest BCUT2D eigenvalue weighted by molar-refractivity contribution is 9.09. The van der Waals surface area contributed by atoms with Gasteiger partial charge in [0.05, 0.1) is 0 Å². The van der Waals surface area contributed by atoms with Crippen LogP contribution < -0.4 is 0 Å². The van der Waals surface area contributed by atoms with E-state index in [0.717, 1.165) is 5.33 Å². The molecule has 0 aromatic rings. The van der Waals surface area contributed by atoms with Gasteiger partial charge in [0.2, 0.25) is 0 Å². The SMILES string of the molecule is CCCC(S)CCCCCBr. The third-order valence-electron chi connectivity index (χ3n) is 1.79. The van der Waals surface area contributed by atoms with Crippen molar-refractivity contribution in [2.45, 2.75) is 50.7 Å². The Bertz CT molecular complexity index is 76.0. The second-order valence-corrected chi connectivity index (χ2v) is 4.50. The molecule has 0 aromatic heterocycles. The molecule has 0 fully saturated rings. The van der Waals surface area contributed by atoms with Crippen molar-refractivity contribution in [1.82, 2.24) is 0 Å². The molecule has 0 radical (unpaired) electrons. The van der Waals surface area contributed by atoms with Gasteiger partial charge in [-0.2, -0.15) is 12.6 Å². The van der Waals surface area contributed by atoms with Gasteiger partial charge in [-0.3, -0.25) is 0 Å². The molecule has 0 saturated carbocycles. The number of rotatable bonds is 7. The van der Waals surface area contributed by atoms with Crippen LogP contribution in [0.15, 0.2) is 0 Å². The molecule has 0 aliphatic rings. The zero-order valence-corrected chi connectivity index (χ0v) is 9.83. The van der Waals surface area contributed by atoms with E-state index in [0.29, 0.717) is 5.25 Å². The van der Waals surface area contributed by atoms with E-state index in [9.17, 15) is 0 Å². The van der Waals surface area contributed by atoms with Gasteiger partial charge in [0.25, 0.3) is 0 Å². The van der Waals surface area contributed by atoms with Crippen molar-refractivity contribution in [3.8, 4) is 0 Å². The zero-order valence-electron chi connectivity index (χ0n) is 7.35. The molecule has 1 atom stereocenters. The summed E-state index contributed by atoms with van der Waals surface area (Å²) in [6, 6.07) is 0. The van der Waals surface area contributed by atoms with Crippen molar-refractivity contribution < 1.29 is 0 Å². The van der Waals surface area contributed by atoms with Gasteiger partial charge in [-0.05, 0) is 19.3 Å². The lowest BCUT2D eigenvalue weighted by molar-refractivity contribution is 0.619. The highest BCUT2D eigenvalue weighted by Gasteiger charge is 1.99. The average molecular weight is 239 g/mol. The quantitative estimate of drug-likeness (QED) is 0.387. The zero-order chi connectivity index (χ0) is 8.53. The first-order chi connectivity index (χ1) is 5.31. The monoisotopic (exact) mass is 238 g/mol. The lowest BCUT2D eigenvalue weighted by atomic mass is 10.1. The van der Waals surface area contributed by atoms with E-state index in [1.54, 1.807) is 0 Å². The molecule has 0 aliphatic heterocycles. The van der Waals surface area contributed by atoms with Crippen LogP contribution in [0.4, 0.5) is 0 Å². The van der Waals surface area contributed by atoms with Crippen LogP contribution in [-0.4, -0.2) is 10.6 Å². The van der Waals surface area contributed by atoms with Gasteiger partial charge in [-0.1, -0.05) is 42.1 Å². The number of alkyl halides is 1. The fourth-order valence-electron chi connectivity index (χ4n) is 1.13. The topological polar surface area (TPSA) is 0 Å². The van der Waals surface area contributed by atoms with Gasteiger partial charge < -0.3 is 0 Å². The lowest BCUT2D eigenvalue weighted by Crippen LogP contribution is -1.97. The van der Waals surface area contributed by atoms with Crippen LogP contribution in [0.1, 0.15) is 45.4 Å². The first-order valence-corrected chi connectivity index (χ1v) is 6.19. The van der Waals surface area contributed by atoms with Crippen LogP contribution >= 0.6 is 28.6 Å². The highest BCUT2D eigenvalue weighted by atomic mass is 79.9. The number of thiol groups is 1. The Hall–Kier alpha value is 0.830. The van der Waals surface area contributed by atoms with Crippen molar-refractivity contribution >= 4 is 28.6 Å². The molecule has 0 rings (SSSR count). The van der Waals surface area contributed by atoms with Crippen molar-refractivity contribution in [1.29, 1.82) is 0 Å². The molecule has 11 heavy (non-hydrogen) atoms. The van der Waals surface area contributed by atoms with Crippen LogP contribution in [0, 0.1) is 0 Å². The van der Waals surface area contributed by atoms with Crippen molar-refractivity contribution in [3.05, 3.63) is 0 Å². The average Bonchev–Trinajstić information content (AvgIpc) is 1.99. The van der Waals surface area contributed by atoms with Crippen LogP contribution in [0.25, 0.3) is 0 Å². The third kappa shape index (κ3) is 8.74. The van der Waals surface area contributed by atoms with E-state index in [-0.39, 0.29) is 0 Å². The predicted octanol–water partition coefficient (Wildman–Crippen LogP) is 4.04. The molecular weight excluding hydrogens is 220 g/mol. The van der Waals surface area contributed by atoms with E-state index >= 15 is 0 Å². The normalized spacial score (nSPS) is 13.4. The molecule has 0 saturated heterocycles. The smallest absolute Gasteiger partial charge is 0.00313 e. The van der Waals surface area contributed by atoms with Gasteiger partial charge in [-0.25, -0.2) is 0 Å². The maximum absolute atomic E-state index is 4.50. The largest absolute Gasteiger partial charge is 0.176 e. The minimum absolute atomic E-state index is 0.648. The summed E-state index contributed by atoms with van der Waals surface area (Å²) >= 11 is 7.93. The first-order valence-electron chi connectivity index (χ1n) is 4.55. The molecule has 0 nitrogen and oxygen atoms in total. The van der Waals surface area contributed by atoms with Crippen LogP contribution in [0.3, 0.4) is 0 Å². The Morgan fingerprint density at radius 1 is 1.18 bits per heavy atom. The Labute approximate surface area is 84.7 Å². The fourth-order valence-corrected chi connectivity index (χ4v) is 1.97. The summed E-state index contributed by atoms with van der Waals surface area (Å²) in [4.78, 5) is 0. The second kappa shape index (κ2) is 8.92. The molecule has 2 heteroatoms. The molecule has 0 spiro atoms. The fraction of sp³-hybridized carbons (Fsp3) is 1.00. The molecule has 0 heterocycles. The van der Waals surface area contributed by atoms with Gasteiger partial charge in [0.1, 0.15) is 0 Å². The summed E-state index contributed by atoms with van der Waals surface area (Å²) in [5, 5.41) is 1.80.